The molecule has 0 heterocycles. The highest BCUT2D eigenvalue weighted by atomic mass is 16.3. The van der Waals surface area contributed by atoms with Crippen LogP contribution < -0.4 is 5.32 Å². The number of rotatable bonds is 3. The van der Waals surface area contributed by atoms with Crippen molar-refractivity contribution in [1.29, 1.82) is 10.5 Å². The maximum absolute atomic E-state index is 11.8. The molecular formula is C18H13N3O2. The fourth-order valence-corrected chi connectivity index (χ4v) is 1.97. The van der Waals surface area contributed by atoms with Crippen LogP contribution in [0.15, 0.2) is 59.9 Å². The van der Waals surface area contributed by atoms with E-state index in [1.54, 1.807) is 30.3 Å². The molecule has 0 aromatic heterocycles. The highest BCUT2D eigenvalue weighted by Crippen LogP contribution is 2.22. The second-order valence-corrected chi connectivity index (χ2v) is 4.79. The van der Waals surface area contributed by atoms with Gasteiger partial charge in [0.2, 0.25) is 0 Å². The van der Waals surface area contributed by atoms with E-state index in [0.29, 0.717) is 11.3 Å². The molecule has 0 radical (unpaired) electrons. The van der Waals surface area contributed by atoms with Crippen LogP contribution in [0.5, 0.6) is 0 Å². The van der Waals surface area contributed by atoms with Crippen molar-refractivity contribution in [2.24, 2.45) is 0 Å². The third kappa shape index (κ3) is 3.75. The molecule has 2 rings (SSSR count). The van der Waals surface area contributed by atoms with E-state index in [9.17, 15) is 9.90 Å². The lowest BCUT2D eigenvalue weighted by molar-refractivity contribution is -0.112. The number of nitrogens with zero attached hydrogens (tertiary/aromatic N) is 2. The van der Waals surface area contributed by atoms with Gasteiger partial charge in [-0.3, -0.25) is 4.79 Å². The summed E-state index contributed by atoms with van der Waals surface area (Å²) >= 11 is 0. The van der Waals surface area contributed by atoms with Crippen LogP contribution in [0.1, 0.15) is 12.5 Å². The number of aliphatic hydroxyl groups is 1. The number of nitrogens with one attached hydrogen (secondary N) is 1. The Morgan fingerprint density at radius 2 is 1.52 bits per heavy atom. The Kier molecular flexibility index (Phi) is 4.76. The minimum absolute atomic E-state index is 0.318. The molecule has 0 unspecified atom stereocenters. The third-order valence-electron chi connectivity index (χ3n) is 3.19. The maximum Gasteiger partial charge on any atom is 0.269 e. The fraction of sp³-hybridized carbons (Fsp3) is 0.0556. The first kappa shape index (κ1) is 15.8. The molecule has 1 amide bonds. The van der Waals surface area contributed by atoms with E-state index < -0.39 is 5.91 Å². The first-order valence-electron chi connectivity index (χ1n) is 6.77. The predicted molar refractivity (Wildman–Crippen MR) is 86.2 cm³/mol. The van der Waals surface area contributed by atoms with Crippen LogP contribution in [-0.2, 0) is 4.79 Å². The lowest BCUT2D eigenvalue weighted by Gasteiger charge is -2.07. The van der Waals surface area contributed by atoms with Gasteiger partial charge in [-0.25, -0.2) is 0 Å². The molecule has 0 fully saturated rings. The molecule has 0 aliphatic carbocycles. The van der Waals surface area contributed by atoms with Crippen LogP contribution in [-0.4, -0.2) is 11.0 Å². The highest BCUT2D eigenvalue weighted by molar-refractivity contribution is 6.06. The van der Waals surface area contributed by atoms with Gasteiger partial charge < -0.3 is 10.4 Å². The van der Waals surface area contributed by atoms with Gasteiger partial charge in [-0.1, -0.05) is 24.3 Å². The van der Waals surface area contributed by atoms with Crippen molar-refractivity contribution in [3.63, 3.8) is 0 Å². The molecule has 2 aromatic rings. The molecule has 2 aromatic carbocycles. The minimum Gasteiger partial charge on any atom is -0.511 e. The molecular weight excluding hydrogens is 290 g/mol. The van der Waals surface area contributed by atoms with Crippen molar-refractivity contribution >= 4 is 11.6 Å². The number of aliphatic hydroxyl groups excluding tert-OH is 1. The van der Waals surface area contributed by atoms with E-state index in [1.807, 2.05) is 24.3 Å². The summed E-state index contributed by atoms with van der Waals surface area (Å²) in [6, 6.07) is 17.9. The Morgan fingerprint density at radius 1 is 1.00 bits per heavy atom. The van der Waals surface area contributed by atoms with Crippen molar-refractivity contribution in [3.8, 4) is 23.3 Å². The maximum atomic E-state index is 11.8. The summed E-state index contributed by atoms with van der Waals surface area (Å²) in [5.41, 5.74) is 2.67. The smallest absolute Gasteiger partial charge is 0.269 e. The second kappa shape index (κ2) is 6.93. The third-order valence-corrected chi connectivity index (χ3v) is 3.19. The van der Waals surface area contributed by atoms with Gasteiger partial charge in [0.1, 0.15) is 11.8 Å². The van der Waals surface area contributed by atoms with Crippen LogP contribution in [0.3, 0.4) is 0 Å². The van der Waals surface area contributed by atoms with Gasteiger partial charge in [-0.2, -0.15) is 10.5 Å². The zero-order valence-corrected chi connectivity index (χ0v) is 12.4. The van der Waals surface area contributed by atoms with Gasteiger partial charge in [0.25, 0.3) is 5.91 Å². The van der Waals surface area contributed by atoms with E-state index >= 15 is 0 Å². The quantitative estimate of drug-likeness (QED) is 0.515. The molecule has 0 spiro atoms. The molecule has 5 nitrogen and oxygen atoms in total. The number of anilines is 1. The van der Waals surface area contributed by atoms with Gasteiger partial charge >= 0.3 is 0 Å². The molecule has 2 N–H and O–H groups in total. The molecule has 0 atom stereocenters. The summed E-state index contributed by atoms with van der Waals surface area (Å²) in [7, 11) is 0. The van der Waals surface area contributed by atoms with Crippen molar-refractivity contribution in [3.05, 3.63) is 65.4 Å². The second-order valence-electron chi connectivity index (χ2n) is 4.79. The van der Waals surface area contributed by atoms with Crippen molar-refractivity contribution in [2.45, 2.75) is 6.92 Å². The molecule has 5 heteroatoms. The lowest BCUT2D eigenvalue weighted by Crippen LogP contribution is -2.14. The molecule has 112 valence electrons. The zero-order valence-electron chi connectivity index (χ0n) is 12.4. The molecule has 0 saturated heterocycles. The van der Waals surface area contributed by atoms with Crippen LogP contribution in [0, 0.1) is 22.7 Å². The topological polar surface area (TPSA) is 96.9 Å². The Labute approximate surface area is 133 Å². The largest absolute Gasteiger partial charge is 0.511 e. The number of carbonyl (C=O) groups is 1. The van der Waals surface area contributed by atoms with Crippen LogP contribution >= 0.6 is 0 Å². The molecule has 0 aliphatic heterocycles. The van der Waals surface area contributed by atoms with Crippen LogP contribution in [0.25, 0.3) is 11.1 Å². The van der Waals surface area contributed by atoms with Gasteiger partial charge in [0.05, 0.1) is 11.6 Å². The summed E-state index contributed by atoms with van der Waals surface area (Å²) in [5.74, 6) is -0.974. The van der Waals surface area contributed by atoms with Crippen LogP contribution in [0.2, 0.25) is 0 Å². The predicted octanol–water partition coefficient (Wildman–Crippen LogP) is 3.52. The normalized spacial score (nSPS) is 10.9. The monoisotopic (exact) mass is 303 g/mol. The molecule has 0 aliphatic rings. The SMILES string of the molecule is C/C(O)=C(/C#N)C(=O)Nc1ccc(-c2ccc(C#N)cc2)cc1. The molecule has 23 heavy (non-hydrogen) atoms. The number of hydrogen-bond acceptors (Lipinski definition) is 4. The number of carbonyl (C=O) groups excluding carboxylic acids is 1. The van der Waals surface area contributed by atoms with Gasteiger partial charge in [0.15, 0.2) is 5.57 Å². The van der Waals surface area contributed by atoms with Crippen molar-refractivity contribution in [2.75, 3.05) is 5.32 Å². The Balaban J connectivity index is 2.17. The number of hydrogen-bond donors (Lipinski definition) is 2. The van der Waals surface area contributed by atoms with Gasteiger partial charge in [-0.05, 0) is 42.3 Å². The summed E-state index contributed by atoms with van der Waals surface area (Å²) in [6.45, 7) is 1.28. The average molecular weight is 303 g/mol. The van der Waals surface area contributed by atoms with Crippen molar-refractivity contribution in [1.82, 2.24) is 0 Å². The van der Waals surface area contributed by atoms with Gasteiger partial charge in [0, 0.05) is 5.69 Å². The number of allylic oxidation sites excluding steroid dienone is 1. The lowest BCUT2D eigenvalue weighted by atomic mass is 10.0. The Bertz CT molecular complexity index is 832. The molecule has 0 bridgehead atoms. The Morgan fingerprint density at radius 3 is 1.96 bits per heavy atom. The first-order valence-corrected chi connectivity index (χ1v) is 6.77. The number of nitriles is 2. The van der Waals surface area contributed by atoms with Crippen LogP contribution in [0.4, 0.5) is 5.69 Å². The first-order chi connectivity index (χ1) is 11.0. The van der Waals surface area contributed by atoms with E-state index in [0.717, 1.165) is 11.1 Å². The molecule has 0 saturated carbocycles. The van der Waals surface area contributed by atoms with E-state index in [-0.39, 0.29) is 11.3 Å². The summed E-state index contributed by atoms with van der Waals surface area (Å²) < 4.78 is 0. The summed E-state index contributed by atoms with van der Waals surface area (Å²) in [6.07, 6.45) is 0. The van der Waals surface area contributed by atoms with Crippen molar-refractivity contribution < 1.29 is 9.90 Å². The van der Waals surface area contributed by atoms with E-state index in [4.69, 9.17) is 10.5 Å². The average Bonchev–Trinajstić information content (AvgIpc) is 2.56. The number of amides is 1. The van der Waals surface area contributed by atoms with E-state index in [2.05, 4.69) is 11.4 Å². The standard InChI is InChI=1S/C18H13N3O2/c1-12(22)17(11-20)18(23)21-16-8-6-15(7-9-16)14-4-2-13(10-19)3-5-14/h2-9,22H,1H3,(H,21,23)/b17-12+. The Hall–Kier alpha value is -3.57. The minimum atomic E-state index is -0.654. The zero-order chi connectivity index (χ0) is 16.8. The van der Waals surface area contributed by atoms with Gasteiger partial charge in [-0.15, -0.1) is 0 Å². The van der Waals surface area contributed by atoms with E-state index in [1.165, 1.54) is 6.92 Å². The fourth-order valence-electron chi connectivity index (χ4n) is 1.97. The number of benzene rings is 2. The highest BCUT2D eigenvalue weighted by Gasteiger charge is 2.12. The summed E-state index contributed by atoms with van der Waals surface area (Å²) in [4.78, 5) is 11.8. The summed E-state index contributed by atoms with van der Waals surface area (Å²) in [5, 5.41) is 29.4.